The number of hydrogen-bond acceptors (Lipinski definition) is 3. The summed E-state index contributed by atoms with van der Waals surface area (Å²) in [6.45, 7) is 4.99. The van der Waals surface area contributed by atoms with Crippen LogP contribution in [0, 0.1) is 0 Å². The van der Waals surface area contributed by atoms with Crippen molar-refractivity contribution >= 4 is 16.9 Å². The van der Waals surface area contributed by atoms with E-state index in [0.29, 0.717) is 5.76 Å². The third kappa shape index (κ3) is 2.24. The van der Waals surface area contributed by atoms with Crippen LogP contribution in [0.1, 0.15) is 44.2 Å². The number of carbonyl (C=O) groups excluding carboxylic acids is 1. The Morgan fingerprint density at radius 1 is 1.33 bits per heavy atom. The largest absolute Gasteiger partial charge is 0.458 e. The highest BCUT2D eigenvalue weighted by Crippen LogP contribution is 2.34. The van der Waals surface area contributed by atoms with Crippen molar-refractivity contribution in [3.63, 3.8) is 0 Å². The molecular formula is C14H17NO3. The van der Waals surface area contributed by atoms with E-state index in [1.165, 1.54) is 6.92 Å². The van der Waals surface area contributed by atoms with E-state index in [1.54, 1.807) is 6.92 Å². The number of furan rings is 1. The van der Waals surface area contributed by atoms with E-state index in [-0.39, 0.29) is 11.9 Å². The van der Waals surface area contributed by atoms with Crippen LogP contribution < -0.4 is 5.32 Å². The summed E-state index contributed by atoms with van der Waals surface area (Å²) >= 11 is 0. The summed E-state index contributed by atoms with van der Waals surface area (Å²) < 4.78 is 5.75. The first-order valence-corrected chi connectivity index (χ1v) is 5.97. The highest BCUT2D eigenvalue weighted by atomic mass is 16.3. The van der Waals surface area contributed by atoms with Gasteiger partial charge in [-0.1, -0.05) is 18.2 Å². The molecule has 2 aromatic rings. The van der Waals surface area contributed by atoms with Crippen molar-refractivity contribution in [3.05, 3.63) is 35.6 Å². The molecule has 0 aliphatic carbocycles. The smallest absolute Gasteiger partial charge is 0.217 e. The zero-order chi connectivity index (χ0) is 13.3. The normalized spacial score (nSPS) is 14.4. The number of aliphatic hydroxyl groups is 1. The lowest BCUT2D eigenvalue weighted by Crippen LogP contribution is -2.24. The number of aliphatic hydroxyl groups excluding tert-OH is 1. The minimum absolute atomic E-state index is 0.125. The van der Waals surface area contributed by atoms with E-state index in [1.807, 2.05) is 31.2 Å². The lowest BCUT2D eigenvalue weighted by molar-refractivity contribution is -0.119. The summed E-state index contributed by atoms with van der Waals surface area (Å²) in [5.74, 6) is 0.487. The number of hydrogen-bond donors (Lipinski definition) is 2. The maximum Gasteiger partial charge on any atom is 0.217 e. The van der Waals surface area contributed by atoms with Gasteiger partial charge in [0, 0.05) is 17.9 Å². The van der Waals surface area contributed by atoms with Gasteiger partial charge in [0.1, 0.15) is 11.3 Å². The van der Waals surface area contributed by atoms with Gasteiger partial charge in [-0.05, 0) is 19.9 Å². The predicted octanol–water partition coefficient (Wildman–Crippen LogP) is 2.68. The van der Waals surface area contributed by atoms with Crippen LogP contribution in [-0.4, -0.2) is 11.0 Å². The molecule has 0 spiro atoms. The van der Waals surface area contributed by atoms with Crippen LogP contribution in [0.4, 0.5) is 0 Å². The van der Waals surface area contributed by atoms with Crippen molar-refractivity contribution in [3.8, 4) is 0 Å². The molecular weight excluding hydrogens is 230 g/mol. The number of amides is 1. The van der Waals surface area contributed by atoms with Gasteiger partial charge in [-0.3, -0.25) is 4.79 Å². The maximum absolute atomic E-state index is 11.1. The van der Waals surface area contributed by atoms with Gasteiger partial charge >= 0.3 is 0 Å². The van der Waals surface area contributed by atoms with Crippen molar-refractivity contribution < 1.29 is 14.3 Å². The molecule has 0 saturated carbocycles. The number of para-hydroxylation sites is 1. The van der Waals surface area contributed by atoms with Crippen LogP contribution in [-0.2, 0) is 4.79 Å². The van der Waals surface area contributed by atoms with Gasteiger partial charge in [0.15, 0.2) is 0 Å². The second-order valence-electron chi connectivity index (χ2n) is 4.47. The second kappa shape index (κ2) is 4.82. The standard InChI is InChI=1S/C14H17NO3/c1-8(15-10(3)17)14-13(9(2)16)11-6-4-5-7-12(11)18-14/h4-9,16H,1-3H3,(H,15,17). The van der Waals surface area contributed by atoms with Crippen molar-refractivity contribution in [1.29, 1.82) is 0 Å². The molecule has 1 heterocycles. The Kier molecular flexibility index (Phi) is 3.39. The Morgan fingerprint density at radius 2 is 2.00 bits per heavy atom. The van der Waals surface area contributed by atoms with Crippen LogP contribution in [0.2, 0.25) is 0 Å². The molecule has 0 aliphatic rings. The molecule has 2 unspecified atom stereocenters. The Labute approximate surface area is 106 Å². The molecule has 4 heteroatoms. The van der Waals surface area contributed by atoms with E-state index in [9.17, 15) is 9.90 Å². The van der Waals surface area contributed by atoms with Gasteiger partial charge in [0.05, 0.1) is 12.1 Å². The molecule has 2 N–H and O–H groups in total. The summed E-state index contributed by atoms with van der Waals surface area (Å²) in [6.07, 6.45) is -0.639. The second-order valence-corrected chi connectivity index (χ2v) is 4.47. The summed E-state index contributed by atoms with van der Waals surface area (Å²) in [6, 6.07) is 7.27. The molecule has 1 aromatic heterocycles. The molecule has 4 nitrogen and oxygen atoms in total. The monoisotopic (exact) mass is 247 g/mol. The van der Waals surface area contributed by atoms with Crippen LogP contribution >= 0.6 is 0 Å². The SMILES string of the molecule is CC(=O)NC(C)c1oc2ccccc2c1C(C)O. The van der Waals surface area contributed by atoms with Crippen LogP contribution in [0.3, 0.4) is 0 Å². The van der Waals surface area contributed by atoms with Crippen molar-refractivity contribution in [2.75, 3.05) is 0 Å². The molecule has 1 aromatic carbocycles. The van der Waals surface area contributed by atoms with E-state index in [2.05, 4.69) is 5.32 Å². The molecule has 0 aliphatic heterocycles. The predicted molar refractivity (Wildman–Crippen MR) is 69.1 cm³/mol. The van der Waals surface area contributed by atoms with Crippen molar-refractivity contribution in [1.82, 2.24) is 5.32 Å². The van der Waals surface area contributed by atoms with E-state index < -0.39 is 6.10 Å². The van der Waals surface area contributed by atoms with Crippen molar-refractivity contribution in [2.24, 2.45) is 0 Å². The number of benzene rings is 1. The van der Waals surface area contributed by atoms with Gasteiger partial charge in [-0.15, -0.1) is 0 Å². The van der Waals surface area contributed by atoms with Gasteiger partial charge in [-0.25, -0.2) is 0 Å². The average Bonchev–Trinajstić information content (AvgIpc) is 2.67. The third-order valence-corrected chi connectivity index (χ3v) is 2.89. The first-order valence-electron chi connectivity index (χ1n) is 5.97. The highest BCUT2D eigenvalue weighted by molar-refractivity contribution is 5.83. The topological polar surface area (TPSA) is 62.5 Å². The first-order chi connectivity index (χ1) is 8.50. The summed E-state index contributed by atoms with van der Waals surface area (Å²) in [5.41, 5.74) is 1.47. The Bertz CT molecular complexity index is 571. The summed E-state index contributed by atoms with van der Waals surface area (Å²) in [5, 5.41) is 13.6. The molecule has 0 bridgehead atoms. The van der Waals surface area contributed by atoms with Gasteiger partial charge in [0.2, 0.25) is 5.91 Å². The molecule has 0 radical (unpaired) electrons. The zero-order valence-electron chi connectivity index (χ0n) is 10.7. The summed E-state index contributed by atoms with van der Waals surface area (Å²) in [7, 11) is 0. The third-order valence-electron chi connectivity index (χ3n) is 2.89. The fourth-order valence-corrected chi connectivity index (χ4v) is 2.21. The fourth-order valence-electron chi connectivity index (χ4n) is 2.21. The molecule has 2 atom stereocenters. The Hall–Kier alpha value is -1.81. The van der Waals surface area contributed by atoms with Gasteiger partial charge in [-0.2, -0.15) is 0 Å². The number of nitrogens with one attached hydrogen (secondary N) is 1. The molecule has 18 heavy (non-hydrogen) atoms. The Balaban J connectivity index is 2.55. The van der Waals surface area contributed by atoms with Crippen molar-refractivity contribution in [2.45, 2.75) is 32.9 Å². The molecule has 1 amide bonds. The molecule has 96 valence electrons. The first kappa shape index (κ1) is 12.6. The Morgan fingerprint density at radius 3 is 2.61 bits per heavy atom. The zero-order valence-corrected chi connectivity index (χ0v) is 10.7. The lowest BCUT2D eigenvalue weighted by atomic mass is 10.0. The fraction of sp³-hybridized carbons (Fsp3) is 0.357. The van der Waals surface area contributed by atoms with Gasteiger partial charge in [0.25, 0.3) is 0 Å². The average molecular weight is 247 g/mol. The van der Waals surface area contributed by atoms with E-state index >= 15 is 0 Å². The number of fused-ring (bicyclic) bond motifs is 1. The van der Waals surface area contributed by atoms with E-state index in [0.717, 1.165) is 16.5 Å². The number of carbonyl (C=O) groups is 1. The maximum atomic E-state index is 11.1. The minimum Gasteiger partial charge on any atom is -0.458 e. The van der Waals surface area contributed by atoms with Gasteiger partial charge < -0.3 is 14.8 Å². The highest BCUT2D eigenvalue weighted by Gasteiger charge is 2.22. The quantitative estimate of drug-likeness (QED) is 0.876. The minimum atomic E-state index is -0.639. The van der Waals surface area contributed by atoms with E-state index in [4.69, 9.17) is 4.42 Å². The summed E-state index contributed by atoms with van der Waals surface area (Å²) in [4.78, 5) is 11.1. The number of rotatable bonds is 3. The lowest BCUT2D eigenvalue weighted by Gasteiger charge is -2.13. The van der Waals surface area contributed by atoms with Crippen LogP contribution in [0.15, 0.2) is 28.7 Å². The van der Waals surface area contributed by atoms with Crippen LogP contribution in [0.25, 0.3) is 11.0 Å². The molecule has 0 saturated heterocycles. The molecule has 0 fully saturated rings. The molecule has 2 rings (SSSR count). The van der Waals surface area contributed by atoms with Crippen LogP contribution in [0.5, 0.6) is 0 Å².